The van der Waals surface area contributed by atoms with Crippen LogP contribution in [0.1, 0.15) is 234 Å². The zero-order valence-corrected chi connectivity index (χ0v) is 75.9. The van der Waals surface area contributed by atoms with Crippen LogP contribution in [0.4, 0.5) is 24.0 Å². The van der Waals surface area contributed by atoms with E-state index in [1.165, 1.54) is 0 Å². The number of nitrogens with one attached hydrogen (secondary N) is 16. The molecule has 1 fully saturated rings. The summed E-state index contributed by atoms with van der Waals surface area (Å²) in [5.41, 5.74) is -4.60. The molecule has 0 aliphatic carbocycles. The van der Waals surface area contributed by atoms with Crippen molar-refractivity contribution in [3.63, 3.8) is 0 Å². The second-order valence-electron chi connectivity index (χ2n) is 35.7. The van der Waals surface area contributed by atoms with Crippen molar-refractivity contribution in [1.29, 1.82) is 0 Å². The van der Waals surface area contributed by atoms with Gasteiger partial charge >= 0.3 is 36.4 Å². The minimum Gasteiger partial charge on any atom is -0.462 e. The Balaban J connectivity index is 3.11. The number of carbonyl (C=O) groups excluding carboxylic acids is 17. The maximum Gasteiger partial charge on any atom is 0.407 e. The number of hydrogen-bond acceptors (Lipinski definition) is 25. The Hall–Kier alpha value is -10.9. The van der Waals surface area contributed by atoms with Gasteiger partial charge in [-0.1, -0.05) is 70.9 Å². The number of rotatable bonds is 36. The standard InChI is InChI=1S/C83H140N16O25/c1-22-27-51(28-23-2)119-61(103)32-31-60(102)90-52(34-40-85-74(114)120-79(7,8)9)68(108)99-63(49(6)101)73(113)95-56(37-43-88-77(117)123-82(16,17)18)66(106)91-53-33-39-84-72(112)62(48(5)100)98-69(109)57(38-44-89-78(118)124-83(19,20)21)93-65(105)54(35-41-86-75(115)121-80(10,11)12)94-70(110)58(45-47(3)4)96-71(111)59(46-50-29-25-24-26-30-50)97-67(107)55(92-64(53)104)36-42-87-76(116)122-81(13,14)15/h24-26,29-30,47-49,51-59,62-63,100-101H,22-23,27-28,31-46H2,1-21H3,(H,84,112)(H,85,114)(H,86,115)(H,87,116)(H,88,117)(H,89,118)(H,90,102)(H,91,106)(H,92,104)(H,93,105)(H,94,110)(H,95,113)(H,96,111)(H,97,107)(H,98,109)(H,99,108)/t48?,49?,52-,53-,54-,55-,56-,57-,58-,59+,62-,63-/m0/s1. The molecule has 702 valence electrons. The summed E-state index contributed by atoms with van der Waals surface area (Å²) in [6.07, 6.45) is -10.6. The van der Waals surface area contributed by atoms with Crippen LogP contribution in [0.2, 0.25) is 0 Å². The second kappa shape index (κ2) is 52.7. The van der Waals surface area contributed by atoms with Crippen molar-refractivity contribution in [3.05, 3.63) is 35.9 Å². The van der Waals surface area contributed by atoms with Crippen LogP contribution in [0.15, 0.2) is 30.3 Å². The lowest BCUT2D eigenvalue weighted by atomic mass is 10.00. The third kappa shape index (κ3) is 47.1. The van der Waals surface area contributed by atoms with E-state index in [1.54, 1.807) is 148 Å². The predicted molar refractivity (Wildman–Crippen MR) is 453 cm³/mol. The van der Waals surface area contributed by atoms with Gasteiger partial charge in [0.15, 0.2) is 0 Å². The van der Waals surface area contributed by atoms with Crippen LogP contribution >= 0.6 is 0 Å². The summed E-state index contributed by atoms with van der Waals surface area (Å²) in [7, 11) is 0. The highest BCUT2D eigenvalue weighted by atomic mass is 16.6. The summed E-state index contributed by atoms with van der Waals surface area (Å²) in [5, 5.41) is 62.9. The maximum atomic E-state index is 15.4. The van der Waals surface area contributed by atoms with Crippen molar-refractivity contribution >= 4 is 101 Å². The highest BCUT2D eigenvalue weighted by molar-refractivity contribution is 6.00. The lowest BCUT2D eigenvalue weighted by Gasteiger charge is -2.29. The molecule has 1 aromatic rings. The first-order valence-corrected chi connectivity index (χ1v) is 42.2. The topological polar surface area (TPSA) is 579 Å². The van der Waals surface area contributed by atoms with Crippen molar-refractivity contribution in [1.82, 2.24) is 85.1 Å². The number of hydrogen-bond donors (Lipinski definition) is 18. The lowest BCUT2D eigenvalue weighted by Crippen LogP contribution is -2.62. The van der Waals surface area contributed by atoms with E-state index in [1.807, 2.05) is 13.8 Å². The van der Waals surface area contributed by atoms with Gasteiger partial charge < -0.3 is 124 Å². The molecule has 1 aliphatic heterocycles. The van der Waals surface area contributed by atoms with Gasteiger partial charge in [0.1, 0.15) is 94.5 Å². The molecule has 0 bridgehead atoms. The lowest BCUT2D eigenvalue weighted by molar-refractivity contribution is -0.151. The molecule has 1 aromatic carbocycles. The van der Waals surface area contributed by atoms with Gasteiger partial charge in [-0.05, 0) is 187 Å². The third-order valence-corrected chi connectivity index (χ3v) is 17.5. The van der Waals surface area contributed by atoms with Crippen LogP contribution in [0, 0.1) is 5.92 Å². The van der Waals surface area contributed by atoms with Gasteiger partial charge in [-0.2, -0.15) is 0 Å². The molecule has 0 radical (unpaired) electrons. The fourth-order valence-electron chi connectivity index (χ4n) is 11.8. The van der Waals surface area contributed by atoms with Crippen LogP contribution in [-0.4, -0.2) is 258 Å². The number of amides is 16. The summed E-state index contributed by atoms with van der Waals surface area (Å²) in [5.74, 6) is -13.4. The van der Waals surface area contributed by atoms with E-state index in [4.69, 9.17) is 28.4 Å². The molecule has 0 spiro atoms. The SMILES string of the molecule is CCCC(CCC)OC(=O)CCC(=O)N[C@@H](CCNC(=O)OC(C)(C)C)C(=O)N[C@H](C(=O)N[C@@H](CCNC(=O)OC(C)(C)C)C(=O)N[C@H]1CCNC(=O)[C@H](C(C)O)NC(=O)[C@H](CCNC(=O)OC(C)(C)C)NC(=O)[C@H](CCNC(=O)OC(C)(C)C)NC(=O)[C@H](CC(C)C)NC(=O)[C@@H](Cc2ccccc2)NC(=O)[C@H](CCNC(=O)OC(C)(C)C)NC1=O)C(C)O. The highest BCUT2D eigenvalue weighted by Gasteiger charge is 2.40. The molecule has 124 heavy (non-hydrogen) atoms. The van der Waals surface area contributed by atoms with E-state index in [-0.39, 0.29) is 32.4 Å². The number of carbonyl (C=O) groups is 17. The molecular weight excluding hydrogens is 1620 g/mol. The van der Waals surface area contributed by atoms with Crippen molar-refractivity contribution in [2.45, 2.75) is 342 Å². The third-order valence-electron chi connectivity index (χ3n) is 17.5. The average Bonchev–Trinajstić information content (AvgIpc) is 1.05. The van der Waals surface area contributed by atoms with Crippen LogP contribution in [0.3, 0.4) is 0 Å². The minimum atomic E-state index is -2.02. The quantitative estimate of drug-likeness (QED) is 0.0338. The number of aliphatic hydroxyl groups is 2. The van der Waals surface area contributed by atoms with E-state index < -0.39 is 285 Å². The molecule has 1 aliphatic rings. The van der Waals surface area contributed by atoms with Gasteiger partial charge in [-0.25, -0.2) is 24.0 Å². The highest BCUT2D eigenvalue weighted by Crippen LogP contribution is 2.17. The number of benzene rings is 1. The summed E-state index contributed by atoms with van der Waals surface area (Å²) < 4.78 is 32.5. The number of aliphatic hydroxyl groups excluding tert-OH is 2. The maximum absolute atomic E-state index is 15.4. The summed E-state index contributed by atoms with van der Waals surface area (Å²) in [4.78, 5) is 241. The fraction of sp³-hybridized carbons (Fsp3) is 0.723. The number of alkyl carbamates (subject to hydrolysis) is 5. The fourth-order valence-corrected chi connectivity index (χ4v) is 11.8. The van der Waals surface area contributed by atoms with Crippen molar-refractivity contribution in [2.24, 2.45) is 5.92 Å². The van der Waals surface area contributed by atoms with E-state index in [9.17, 15) is 72.5 Å². The Kier molecular flexibility index (Phi) is 46.4. The van der Waals surface area contributed by atoms with E-state index in [0.29, 0.717) is 18.4 Å². The largest absolute Gasteiger partial charge is 0.462 e. The minimum absolute atomic E-state index is 0.135. The Morgan fingerprint density at radius 1 is 0.435 bits per heavy atom. The zero-order chi connectivity index (χ0) is 94.2. The van der Waals surface area contributed by atoms with Gasteiger partial charge in [0.25, 0.3) is 0 Å². The van der Waals surface area contributed by atoms with Gasteiger partial charge in [0, 0.05) is 52.1 Å². The molecule has 2 unspecified atom stereocenters. The van der Waals surface area contributed by atoms with Crippen molar-refractivity contribution in [2.75, 3.05) is 39.3 Å². The summed E-state index contributed by atoms with van der Waals surface area (Å²) in [6.45, 7) is 30.5. The van der Waals surface area contributed by atoms with Crippen LogP contribution in [0.25, 0.3) is 0 Å². The molecule has 2 rings (SSSR count). The molecule has 1 heterocycles. The molecule has 12 atom stereocenters. The molecule has 41 nitrogen and oxygen atoms in total. The second-order valence-corrected chi connectivity index (χ2v) is 35.7. The van der Waals surface area contributed by atoms with Gasteiger partial charge in [-0.15, -0.1) is 0 Å². The first-order chi connectivity index (χ1) is 57.5. The summed E-state index contributed by atoms with van der Waals surface area (Å²) in [6, 6.07) is -9.74. The van der Waals surface area contributed by atoms with E-state index >= 15 is 19.2 Å². The summed E-state index contributed by atoms with van der Waals surface area (Å²) >= 11 is 0. The van der Waals surface area contributed by atoms with Crippen molar-refractivity contribution in [3.8, 4) is 0 Å². The predicted octanol–water partition coefficient (Wildman–Crippen LogP) is 2.27. The molecule has 1 saturated heterocycles. The molecular formula is C83H140N16O25. The zero-order valence-electron chi connectivity index (χ0n) is 75.9. The molecule has 18 N–H and O–H groups in total. The van der Waals surface area contributed by atoms with Crippen LogP contribution < -0.4 is 85.1 Å². The van der Waals surface area contributed by atoms with Crippen LogP contribution in [-0.2, 0) is 92.4 Å². The van der Waals surface area contributed by atoms with Crippen LogP contribution in [0.5, 0.6) is 0 Å². The Morgan fingerprint density at radius 3 is 1.22 bits per heavy atom. The molecule has 41 heteroatoms. The number of esters is 1. The Bertz CT molecular complexity index is 3690. The van der Waals surface area contributed by atoms with Gasteiger partial charge in [0.2, 0.25) is 65.0 Å². The monoisotopic (exact) mass is 1760 g/mol. The first-order valence-electron chi connectivity index (χ1n) is 42.2. The van der Waals surface area contributed by atoms with E-state index in [2.05, 4.69) is 85.1 Å². The molecule has 0 aromatic heterocycles. The first kappa shape index (κ1) is 109. The van der Waals surface area contributed by atoms with Gasteiger partial charge in [-0.3, -0.25) is 57.5 Å². The Labute approximate surface area is 726 Å². The molecule has 16 amide bonds. The van der Waals surface area contributed by atoms with Gasteiger partial charge in [0.05, 0.1) is 18.6 Å². The van der Waals surface area contributed by atoms with Crippen molar-refractivity contribution < 1.29 is 120 Å². The normalized spacial score (nSPS) is 19.4. The smallest absolute Gasteiger partial charge is 0.407 e. The Morgan fingerprint density at radius 2 is 0.815 bits per heavy atom. The number of ether oxygens (including phenoxy) is 6. The van der Waals surface area contributed by atoms with E-state index in [0.717, 1.165) is 26.7 Å². The molecule has 0 saturated carbocycles. The average molecular weight is 1760 g/mol.